The highest BCUT2D eigenvalue weighted by molar-refractivity contribution is 6.31. The van der Waals surface area contributed by atoms with Gasteiger partial charge in [0.2, 0.25) is 0 Å². The van der Waals surface area contributed by atoms with Crippen molar-refractivity contribution in [3.05, 3.63) is 40.9 Å². The fourth-order valence-electron chi connectivity index (χ4n) is 1.42. The minimum absolute atomic E-state index is 0.0462. The summed E-state index contributed by atoms with van der Waals surface area (Å²) >= 11 is 5.99. The number of carbonyl (C=O) groups excluding carboxylic acids is 2. The van der Waals surface area contributed by atoms with Gasteiger partial charge in [0.05, 0.1) is 7.11 Å². The fourth-order valence-corrected chi connectivity index (χ4v) is 1.65. The van der Waals surface area contributed by atoms with Gasteiger partial charge in [0.1, 0.15) is 5.75 Å². The van der Waals surface area contributed by atoms with Crippen molar-refractivity contribution in [1.29, 1.82) is 0 Å². The second-order valence-corrected chi connectivity index (χ2v) is 4.17. The van der Waals surface area contributed by atoms with Gasteiger partial charge in [-0.15, -0.1) is 0 Å². The summed E-state index contributed by atoms with van der Waals surface area (Å²) in [6.45, 7) is 0.0462. The second-order valence-electron chi connectivity index (χ2n) is 3.76. The molecule has 0 bridgehead atoms. The van der Waals surface area contributed by atoms with Crippen LogP contribution in [0.3, 0.4) is 0 Å². The Morgan fingerprint density at radius 2 is 2.05 bits per heavy atom. The third-order valence-electron chi connectivity index (χ3n) is 2.34. The summed E-state index contributed by atoms with van der Waals surface area (Å²) in [5.41, 5.74) is 0.561. The van der Waals surface area contributed by atoms with Gasteiger partial charge in [-0.05, 0) is 12.1 Å². The Hall–Kier alpha value is -2.54. The highest BCUT2D eigenvalue weighted by atomic mass is 35.5. The van der Waals surface area contributed by atoms with Crippen LogP contribution in [0.1, 0.15) is 5.56 Å². The number of carboxylic acids is 1. The maximum absolute atomic E-state index is 11.5. The molecule has 0 unspecified atom stereocenters. The molecule has 0 heterocycles. The summed E-state index contributed by atoms with van der Waals surface area (Å²) in [5, 5.41) is 13.1. The SMILES string of the molecule is COc1cccc(Cl)c1CNC(=O)NC(=O)/C=C/C(=O)O. The number of hydrogen-bond acceptors (Lipinski definition) is 4. The molecule has 0 aromatic heterocycles. The predicted octanol–water partition coefficient (Wildman–Crippen LogP) is 1.32. The fraction of sp³-hybridized carbons (Fsp3) is 0.154. The molecule has 3 N–H and O–H groups in total. The van der Waals surface area contributed by atoms with Gasteiger partial charge in [-0.1, -0.05) is 17.7 Å². The quantitative estimate of drug-likeness (QED) is 0.711. The molecule has 0 saturated heterocycles. The van der Waals surface area contributed by atoms with E-state index in [1.165, 1.54) is 7.11 Å². The number of aliphatic carboxylic acids is 1. The zero-order valence-electron chi connectivity index (χ0n) is 11.1. The van der Waals surface area contributed by atoms with Crippen molar-refractivity contribution in [3.63, 3.8) is 0 Å². The van der Waals surface area contributed by atoms with Crippen molar-refractivity contribution >= 4 is 29.5 Å². The van der Waals surface area contributed by atoms with Crippen LogP contribution in [-0.4, -0.2) is 30.1 Å². The summed E-state index contributed by atoms with van der Waals surface area (Å²) in [6.07, 6.45) is 1.36. The summed E-state index contributed by atoms with van der Waals surface area (Å²) < 4.78 is 5.10. The molecule has 0 spiro atoms. The van der Waals surface area contributed by atoms with E-state index < -0.39 is 17.9 Å². The number of ether oxygens (including phenoxy) is 1. The van der Waals surface area contributed by atoms with Crippen molar-refractivity contribution < 1.29 is 24.2 Å². The topological polar surface area (TPSA) is 105 Å². The molecule has 3 amide bonds. The molecule has 1 aromatic carbocycles. The molecule has 1 rings (SSSR count). The highest BCUT2D eigenvalue weighted by Gasteiger charge is 2.10. The third-order valence-corrected chi connectivity index (χ3v) is 2.69. The van der Waals surface area contributed by atoms with E-state index in [0.29, 0.717) is 22.4 Å². The number of carboxylic acid groups (broad SMARTS) is 1. The maximum atomic E-state index is 11.5. The molecule has 0 fully saturated rings. The number of methoxy groups -OCH3 is 1. The van der Waals surface area contributed by atoms with Gasteiger partial charge in [0.25, 0.3) is 5.91 Å². The molecule has 0 aliphatic carbocycles. The number of amides is 3. The average molecular weight is 313 g/mol. The number of benzene rings is 1. The molecule has 7 nitrogen and oxygen atoms in total. The Labute approximate surface area is 125 Å². The van der Waals surface area contributed by atoms with Crippen LogP contribution < -0.4 is 15.4 Å². The molecule has 8 heteroatoms. The predicted molar refractivity (Wildman–Crippen MR) is 75.2 cm³/mol. The minimum atomic E-state index is -1.29. The average Bonchev–Trinajstić information content (AvgIpc) is 2.43. The van der Waals surface area contributed by atoms with Crippen LogP contribution in [0.25, 0.3) is 0 Å². The molecule has 0 aliphatic heterocycles. The molecule has 0 radical (unpaired) electrons. The second kappa shape index (κ2) is 7.91. The number of rotatable bonds is 5. The van der Waals surface area contributed by atoms with Gasteiger partial charge in [-0.3, -0.25) is 10.1 Å². The van der Waals surface area contributed by atoms with E-state index in [1.807, 2.05) is 5.32 Å². The van der Waals surface area contributed by atoms with E-state index in [2.05, 4.69) is 5.32 Å². The van der Waals surface area contributed by atoms with Gasteiger partial charge in [0.15, 0.2) is 0 Å². The Bertz CT molecular complexity index is 586. The van der Waals surface area contributed by atoms with Crippen LogP contribution in [-0.2, 0) is 16.1 Å². The van der Waals surface area contributed by atoms with Crippen LogP contribution >= 0.6 is 11.6 Å². The van der Waals surface area contributed by atoms with E-state index in [9.17, 15) is 14.4 Å². The first-order valence-electron chi connectivity index (χ1n) is 5.75. The monoisotopic (exact) mass is 312 g/mol. The lowest BCUT2D eigenvalue weighted by Crippen LogP contribution is -2.38. The first-order chi connectivity index (χ1) is 9.93. The summed E-state index contributed by atoms with van der Waals surface area (Å²) in [4.78, 5) is 32.9. The van der Waals surface area contributed by atoms with E-state index in [-0.39, 0.29) is 6.54 Å². The van der Waals surface area contributed by atoms with Gasteiger partial charge in [-0.2, -0.15) is 0 Å². The zero-order chi connectivity index (χ0) is 15.8. The molecular formula is C13H13ClN2O5. The smallest absolute Gasteiger partial charge is 0.328 e. The molecule has 21 heavy (non-hydrogen) atoms. The number of urea groups is 1. The van der Waals surface area contributed by atoms with Gasteiger partial charge < -0.3 is 15.2 Å². The number of carbonyl (C=O) groups is 3. The van der Waals surface area contributed by atoms with Crippen LogP contribution in [0.15, 0.2) is 30.4 Å². The van der Waals surface area contributed by atoms with E-state index in [0.717, 1.165) is 6.08 Å². The first kappa shape index (κ1) is 16.5. The lowest BCUT2D eigenvalue weighted by atomic mass is 10.2. The lowest BCUT2D eigenvalue weighted by molar-refractivity contribution is -0.131. The van der Waals surface area contributed by atoms with Crippen LogP contribution in [0, 0.1) is 0 Å². The van der Waals surface area contributed by atoms with Crippen molar-refractivity contribution in [3.8, 4) is 5.75 Å². The van der Waals surface area contributed by atoms with Gasteiger partial charge in [-0.25, -0.2) is 9.59 Å². The summed E-state index contributed by atoms with van der Waals surface area (Å²) in [5.74, 6) is -1.63. The van der Waals surface area contributed by atoms with Crippen molar-refractivity contribution in [1.82, 2.24) is 10.6 Å². The lowest BCUT2D eigenvalue weighted by Gasteiger charge is -2.11. The van der Waals surface area contributed by atoms with Crippen molar-refractivity contribution in [2.45, 2.75) is 6.54 Å². The van der Waals surface area contributed by atoms with Gasteiger partial charge in [0, 0.05) is 29.3 Å². The standard InChI is InChI=1S/C13H13ClN2O5/c1-21-10-4-2-3-9(14)8(10)7-15-13(20)16-11(17)5-6-12(18)19/h2-6H,7H2,1H3,(H,18,19)(H2,15,16,17,20)/b6-5+. The first-order valence-corrected chi connectivity index (χ1v) is 6.13. The Balaban J connectivity index is 2.58. The number of imide groups is 1. The molecule has 1 aromatic rings. The van der Waals surface area contributed by atoms with E-state index >= 15 is 0 Å². The third kappa shape index (κ3) is 5.53. The highest BCUT2D eigenvalue weighted by Crippen LogP contribution is 2.25. The number of hydrogen-bond donors (Lipinski definition) is 3. The molecule has 112 valence electrons. The van der Waals surface area contributed by atoms with Gasteiger partial charge >= 0.3 is 12.0 Å². The molecule has 0 aliphatic rings. The molecule has 0 atom stereocenters. The van der Waals surface area contributed by atoms with Crippen molar-refractivity contribution in [2.75, 3.05) is 7.11 Å². The molecular weight excluding hydrogens is 300 g/mol. The Morgan fingerprint density at radius 3 is 2.67 bits per heavy atom. The van der Waals surface area contributed by atoms with E-state index in [1.54, 1.807) is 18.2 Å². The maximum Gasteiger partial charge on any atom is 0.328 e. The largest absolute Gasteiger partial charge is 0.496 e. The van der Waals surface area contributed by atoms with Crippen LogP contribution in [0.2, 0.25) is 5.02 Å². The van der Waals surface area contributed by atoms with Crippen LogP contribution in [0.4, 0.5) is 4.79 Å². The number of halogens is 1. The van der Waals surface area contributed by atoms with Crippen molar-refractivity contribution in [2.24, 2.45) is 0 Å². The Kier molecular flexibility index (Phi) is 6.22. The van der Waals surface area contributed by atoms with E-state index in [4.69, 9.17) is 21.4 Å². The minimum Gasteiger partial charge on any atom is -0.496 e. The number of nitrogens with one attached hydrogen (secondary N) is 2. The normalized spacial score (nSPS) is 10.2. The molecule has 0 saturated carbocycles. The zero-order valence-corrected chi connectivity index (χ0v) is 11.8. The van der Waals surface area contributed by atoms with Crippen LogP contribution in [0.5, 0.6) is 5.75 Å². The summed E-state index contributed by atoms with van der Waals surface area (Å²) in [7, 11) is 1.47. The Morgan fingerprint density at radius 1 is 1.33 bits per heavy atom. The summed E-state index contributed by atoms with van der Waals surface area (Å²) in [6, 6.07) is 4.24.